The third kappa shape index (κ3) is 3.77. The Morgan fingerprint density at radius 1 is 1.10 bits per heavy atom. The number of fused-ring (bicyclic) bond motifs is 1. The van der Waals surface area contributed by atoms with Gasteiger partial charge in [-0.3, -0.25) is 14.9 Å². The molecule has 0 atom stereocenters. The molecule has 4 amide bonds. The van der Waals surface area contributed by atoms with Gasteiger partial charge in [0.15, 0.2) is 23.0 Å². The number of barbiturate groups is 1. The van der Waals surface area contributed by atoms with E-state index in [-0.39, 0.29) is 24.2 Å². The second-order valence-corrected chi connectivity index (χ2v) is 7.04. The molecule has 2 aromatic carbocycles. The van der Waals surface area contributed by atoms with Crippen LogP contribution >= 0.6 is 0 Å². The highest BCUT2D eigenvalue weighted by molar-refractivity contribution is 6.39. The summed E-state index contributed by atoms with van der Waals surface area (Å²) in [4.78, 5) is 39.0. The average molecular weight is 424 g/mol. The number of rotatable bonds is 5. The number of nitrogens with one attached hydrogen (secondary N) is 1. The minimum Gasteiger partial charge on any atom is -0.493 e. The second kappa shape index (κ2) is 8.02. The van der Waals surface area contributed by atoms with Gasteiger partial charge in [-0.15, -0.1) is 0 Å². The van der Waals surface area contributed by atoms with Gasteiger partial charge in [0, 0.05) is 11.6 Å². The standard InChI is InChI=1S/C22H20N2O7/c1-12(2)31-19-13(5-4-6-17(19)28-3)9-15-20(25)23-22(27)24(21(15)26)14-7-8-16-18(10-14)30-11-29-16/h4-10,12H,11H2,1-3H3,(H,23,25,27)/b15-9+. The van der Waals surface area contributed by atoms with Crippen LogP contribution in [0.5, 0.6) is 23.0 Å². The number of anilines is 1. The second-order valence-electron chi connectivity index (χ2n) is 7.04. The van der Waals surface area contributed by atoms with Gasteiger partial charge >= 0.3 is 6.03 Å². The summed E-state index contributed by atoms with van der Waals surface area (Å²) in [5.41, 5.74) is 0.486. The summed E-state index contributed by atoms with van der Waals surface area (Å²) in [5, 5.41) is 2.20. The van der Waals surface area contributed by atoms with Crippen molar-refractivity contribution in [3.8, 4) is 23.0 Å². The molecule has 1 saturated heterocycles. The van der Waals surface area contributed by atoms with Crippen LogP contribution in [0.15, 0.2) is 42.0 Å². The van der Waals surface area contributed by atoms with E-state index < -0.39 is 17.8 Å². The minimum absolute atomic E-state index is 0.0526. The zero-order valence-corrected chi connectivity index (χ0v) is 17.1. The summed E-state index contributed by atoms with van der Waals surface area (Å²) in [6.45, 7) is 3.75. The molecule has 31 heavy (non-hydrogen) atoms. The highest BCUT2D eigenvalue weighted by Gasteiger charge is 2.37. The third-order valence-corrected chi connectivity index (χ3v) is 4.60. The third-order valence-electron chi connectivity index (χ3n) is 4.60. The maximum Gasteiger partial charge on any atom is 0.335 e. The van der Waals surface area contributed by atoms with Crippen LogP contribution in [-0.2, 0) is 9.59 Å². The van der Waals surface area contributed by atoms with Crippen molar-refractivity contribution in [2.45, 2.75) is 20.0 Å². The van der Waals surface area contributed by atoms with Crippen LogP contribution < -0.4 is 29.2 Å². The lowest BCUT2D eigenvalue weighted by atomic mass is 10.1. The van der Waals surface area contributed by atoms with Crippen LogP contribution in [0.3, 0.4) is 0 Å². The number of methoxy groups -OCH3 is 1. The molecule has 0 bridgehead atoms. The fraction of sp³-hybridized carbons (Fsp3) is 0.227. The van der Waals surface area contributed by atoms with Crippen molar-refractivity contribution in [2.24, 2.45) is 0 Å². The Morgan fingerprint density at radius 2 is 1.87 bits per heavy atom. The highest BCUT2D eigenvalue weighted by atomic mass is 16.7. The molecular weight excluding hydrogens is 404 g/mol. The van der Waals surface area contributed by atoms with E-state index in [1.165, 1.54) is 25.3 Å². The maximum absolute atomic E-state index is 13.2. The lowest BCUT2D eigenvalue weighted by Crippen LogP contribution is -2.54. The fourth-order valence-corrected chi connectivity index (χ4v) is 3.24. The molecule has 0 aromatic heterocycles. The van der Waals surface area contributed by atoms with E-state index in [9.17, 15) is 14.4 Å². The first-order valence-electron chi connectivity index (χ1n) is 9.54. The molecule has 0 unspecified atom stereocenters. The van der Waals surface area contributed by atoms with Crippen molar-refractivity contribution in [1.82, 2.24) is 5.32 Å². The predicted molar refractivity (Wildman–Crippen MR) is 110 cm³/mol. The zero-order chi connectivity index (χ0) is 22.1. The molecular formula is C22H20N2O7. The molecule has 0 aliphatic carbocycles. The number of urea groups is 1. The molecule has 2 aliphatic heterocycles. The first kappa shape index (κ1) is 20.3. The maximum atomic E-state index is 13.2. The fourth-order valence-electron chi connectivity index (χ4n) is 3.24. The van der Waals surface area contributed by atoms with E-state index in [4.69, 9.17) is 18.9 Å². The van der Waals surface area contributed by atoms with E-state index in [1.54, 1.807) is 24.3 Å². The number of imide groups is 2. The summed E-state index contributed by atoms with van der Waals surface area (Å²) < 4.78 is 21.8. The Kier molecular flexibility index (Phi) is 5.24. The Labute approximate surface area is 178 Å². The number of carbonyl (C=O) groups excluding carboxylic acids is 3. The molecule has 2 heterocycles. The van der Waals surface area contributed by atoms with E-state index in [0.29, 0.717) is 28.6 Å². The Bertz CT molecular complexity index is 1110. The van der Waals surface area contributed by atoms with Crippen molar-refractivity contribution in [3.63, 3.8) is 0 Å². The quantitative estimate of drug-likeness (QED) is 0.581. The number of carbonyl (C=O) groups is 3. The van der Waals surface area contributed by atoms with Crippen LogP contribution in [0, 0.1) is 0 Å². The lowest BCUT2D eigenvalue weighted by molar-refractivity contribution is -0.122. The predicted octanol–water partition coefficient (Wildman–Crippen LogP) is 2.88. The van der Waals surface area contributed by atoms with Gasteiger partial charge in [0.1, 0.15) is 5.57 Å². The normalized spacial score (nSPS) is 16.7. The van der Waals surface area contributed by atoms with Gasteiger partial charge in [-0.25, -0.2) is 9.69 Å². The van der Waals surface area contributed by atoms with Gasteiger partial charge < -0.3 is 18.9 Å². The molecule has 9 nitrogen and oxygen atoms in total. The van der Waals surface area contributed by atoms with Crippen LogP contribution in [0.4, 0.5) is 10.5 Å². The molecule has 2 aliphatic rings. The largest absolute Gasteiger partial charge is 0.493 e. The summed E-state index contributed by atoms with van der Waals surface area (Å²) in [6, 6.07) is 8.90. The Hall–Kier alpha value is -4.01. The van der Waals surface area contributed by atoms with Crippen LogP contribution in [0.1, 0.15) is 19.4 Å². The van der Waals surface area contributed by atoms with Gasteiger partial charge in [-0.2, -0.15) is 0 Å². The molecule has 2 aromatic rings. The topological polar surface area (TPSA) is 103 Å². The smallest absolute Gasteiger partial charge is 0.335 e. The number of benzene rings is 2. The van der Waals surface area contributed by atoms with Crippen LogP contribution in [-0.4, -0.2) is 37.9 Å². The van der Waals surface area contributed by atoms with Crippen molar-refractivity contribution in [2.75, 3.05) is 18.8 Å². The van der Waals surface area contributed by atoms with Crippen molar-refractivity contribution in [1.29, 1.82) is 0 Å². The average Bonchev–Trinajstić information content (AvgIpc) is 3.19. The van der Waals surface area contributed by atoms with Gasteiger partial charge in [-0.05, 0) is 38.1 Å². The van der Waals surface area contributed by atoms with Gasteiger partial charge in [-0.1, -0.05) is 12.1 Å². The van der Waals surface area contributed by atoms with Crippen LogP contribution in [0.2, 0.25) is 0 Å². The number of para-hydroxylation sites is 1. The van der Waals surface area contributed by atoms with Crippen molar-refractivity contribution >= 4 is 29.6 Å². The molecule has 0 radical (unpaired) electrons. The van der Waals surface area contributed by atoms with E-state index in [0.717, 1.165) is 4.90 Å². The number of hydrogen-bond acceptors (Lipinski definition) is 7. The number of ether oxygens (including phenoxy) is 4. The van der Waals surface area contributed by atoms with Crippen LogP contribution in [0.25, 0.3) is 6.08 Å². The zero-order valence-electron chi connectivity index (χ0n) is 17.1. The van der Waals surface area contributed by atoms with E-state index in [2.05, 4.69) is 5.32 Å². The lowest BCUT2D eigenvalue weighted by Gasteiger charge is -2.26. The SMILES string of the molecule is COc1cccc(/C=C2\C(=O)NC(=O)N(c3ccc4c(c3)OCO4)C2=O)c1OC(C)C. The van der Waals surface area contributed by atoms with Crippen molar-refractivity contribution in [3.05, 3.63) is 47.5 Å². The summed E-state index contributed by atoms with van der Waals surface area (Å²) in [7, 11) is 1.50. The summed E-state index contributed by atoms with van der Waals surface area (Å²) in [6.07, 6.45) is 1.21. The Morgan fingerprint density at radius 3 is 2.61 bits per heavy atom. The number of nitrogens with zero attached hydrogens (tertiary/aromatic N) is 1. The summed E-state index contributed by atoms with van der Waals surface area (Å²) >= 11 is 0. The van der Waals surface area contributed by atoms with Gasteiger partial charge in [0.25, 0.3) is 11.8 Å². The monoisotopic (exact) mass is 424 g/mol. The first-order valence-corrected chi connectivity index (χ1v) is 9.54. The minimum atomic E-state index is -0.852. The molecule has 4 rings (SSSR count). The van der Waals surface area contributed by atoms with E-state index >= 15 is 0 Å². The number of amides is 4. The molecule has 9 heteroatoms. The van der Waals surface area contributed by atoms with Gasteiger partial charge in [0.05, 0.1) is 18.9 Å². The Balaban J connectivity index is 1.75. The van der Waals surface area contributed by atoms with E-state index in [1.807, 2.05) is 13.8 Å². The number of hydrogen-bond donors (Lipinski definition) is 1. The molecule has 0 spiro atoms. The molecule has 160 valence electrons. The highest BCUT2D eigenvalue weighted by Crippen LogP contribution is 2.37. The molecule has 1 fully saturated rings. The molecule has 1 N–H and O–H groups in total. The van der Waals surface area contributed by atoms with Gasteiger partial charge in [0.2, 0.25) is 6.79 Å². The first-order chi connectivity index (χ1) is 14.9. The molecule has 0 saturated carbocycles. The van der Waals surface area contributed by atoms with Crippen molar-refractivity contribution < 1.29 is 33.3 Å². The summed E-state index contributed by atoms with van der Waals surface area (Å²) in [5.74, 6) is 0.180.